The van der Waals surface area contributed by atoms with Gasteiger partial charge in [-0.25, -0.2) is 0 Å². The molecule has 2 rings (SSSR count). The van der Waals surface area contributed by atoms with E-state index in [0.29, 0.717) is 16.6 Å². The molecule has 0 aromatic carbocycles. The number of nitrogens with zero attached hydrogens (tertiary/aromatic N) is 2. The minimum Gasteiger partial charge on any atom is -0.481 e. The van der Waals surface area contributed by atoms with Crippen LogP contribution < -0.4 is 4.74 Å². The van der Waals surface area contributed by atoms with Crippen molar-refractivity contribution in [1.29, 1.82) is 0 Å². The lowest BCUT2D eigenvalue weighted by molar-refractivity contribution is 0.233. The SMILES string of the molecule is COc1ccc2[nH]c(=S)n(CC(C)C(C)(C)C)c2n1. The highest BCUT2D eigenvalue weighted by atomic mass is 32.1. The summed E-state index contributed by atoms with van der Waals surface area (Å²) >= 11 is 5.40. The zero-order valence-electron chi connectivity index (χ0n) is 12.2. The number of pyridine rings is 1. The molecule has 2 aromatic heterocycles. The van der Waals surface area contributed by atoms with Crippen LogP contribution in [-0.2, 0) is 6.54 Å². The minimum absolute atomic E-state index is 0.233. The van der Waals surface area contributed by atoms with Crippen molar-refractivity contribution < 1.29 is 4.74 Å². The fourth-order valence-electron chi connectivity index (χ4n) is 1.84. The van der Waals surface area contributed by atoms with E-state index in [1.807, 2.05) is 12.1 Å². The van der Waals surface area contributed by atoms with E-state index < -0.39 is 0 Å². The summed E-state index contributed by atoms with van der Waals surface area (Å²) in [6.45, 7) is 9.81. The smallest absolute Gasteiger partial charge is 0.215 e. The molecule has 0 saturated heterocycles. The highest BCUT2D eigenvalue weighted by Crippen LogP contribution is 2.28. The monoisotopic (exact) mass is 279 g/mol. The number of H-pyrrole nitrogens is 1. The van der Waals surface area contributed by atoms with Gasteiger partial charge in [0.2, 0.25) is 5.88 Å². The molecule has 0 bridgehead atoms. The van der Waals surface area contributed by atoms with Gasteiger partial charge in [0, 0.05) is 12.6 Å². The Morgan fingerprint density at radius 1 is 1.42 bits per heavy atom. The number of nitrogens with one attached hydrogen (secondary N) is 1. The lowest BCUT2D eigenvalue weighted by Crippen LogP contribution is -2.22. The molecule has 0 amide bonds. The highest BCUT2D eigenvalue weighted by Gasteiger charge is 2.21. The van der Waals surface area contributed by atoms with Crippen LogP contribution in [0.1, 0.15) is 27.7 Å². The van der Waals surface area contributed by atoms with Gasteiger partial charge in [0.1, 0.15) is 0 Å². The van der Waals surface area contributed by atoms with E-state index in [2.05, 4.69) is 42.2 Å². The number of imidazole rings is 1. The fraction of sp³-hybridized carbons (Fsp3) is 0.571. The number of fused-ring (bicyclic) bond motifs is 1. The fourth-order valence-corrected chi connectivity index (χ4v) is 2.11. The summed E-state index contributed by atoms with van der Waals surface area (Å²) in [6, 6.07) is 3.79. The molecule has 1 N–H and O–H groups in total. The first kappa shape index (κ1) is 14.1. The van der Waals surface area contributed by atoms with Gasteiger partial charge in [-0.1, -0.05) is 27.7 Å². The van der Waals surface area contributed by atoms with E-state index in [4.69, 9.17) is 17.0 Å². The van der Waals surface area contributed by atoms with Crippen molar-refractivity contribution in [1.82, 2.24) is 14.5 Å². The van der Waals surface area contributed by atoms with Crippen LogP contribution in [-0.4, -0.2) is 21.6 Å². The van der Waals surface area contributed by atoms with Crippen molar-refractivity contribution in [2.24, 2.45) is 11.3 Å². The molecule has 5 heteroatoms. The Labute approximate surface area is 118 Å². The largest absolute Gasteiger partial charge is 0.481 e. The second-order valence-electron chi connectivity index (χ2n) is 6.03. The van der Waals surface area contributed by atoms with Gasteiger partial charge in [-0.05, 0) is 29.6 Å². The number of hydrogen-bond donors (Lipinski definition) is 1. The Hall–Kier alpha value is -1.36. The van der Waals surface area contributed by atoms with E-state index in [9.17, 15) is 0 Å². The Kier molecular flexibility index (Phi) is 3.67. The second-order valence-corrected chi connectivity index (χ2v) is 6.42. The van der Waals surface area contributed by atoms with Gasteiger partial charge < -0.3 is 14.3 Å². The van der Waals surface area contributed by atoms with Crippen LogP contribution in [0, 0.1) is 16.1 Å². The predicted molar refractivity (Wildman–Crippen MR) is 80.1 cm³/mol. The maximum absolute atomic E-state index is 5.40. The number of methoxy groups -OCH3 is 1. The van der Waals surface area contributed by atoms with Crippen LogP contribution >= 0.6 is 12.2 Å². The molecule has 1 atom stereocenters. The van der Waals surface area contributed by atoms with E-state index in [-0.39, 0.29) is 5.41 Å². The molecule has 2 aromatic rings. The first-order valence-electron chi connectivity index (χ1n) is 6.46. The molecule has 0 spiro atoms. The van der Waals surface area contributed by atoms with Crippen molar-refractivity contribution in [2.75, 3.05) is 7.11 Å². The summed E-state index contributed by atoms with van der Waals surface area (Å²) in [5.74, 6) is 1.10. The number of rotatable bonds is 3. The van der Waals surface area contributed by atoms with Crippen LogP contribution in [0.15, 0.2) is 12.1 Å². The van der Waals surface area contributed by atoms with E-state index >= 15 is 0 Å². The normalized spacial score (nSPS) is 13.7. The average Bonchev–Trinajstić information content (AvgIpc) is 2.64. The molecule has 0 saturated carbocycles. The van der Waals surface area contributed by atoms with Gasteiger partial charge in [-0.15, -0.1) is 0 Å². The van der Waals surface area contributed by atoms with Gasteiger partial charge in [-0.2, -0.15) is 4.98 Å². The average molecular weight is 279 g/mol. The molecule has 104 valence electrons. The molecule has 0 fully saturated rings. The molecular formula is C14H21N3OS. The number of ether oxygens (including phenoxy) is 1. The Balaban J connectivity index is 2.47. The van der Waals surface area contributed by atoms with Crippen LogP contribution in [0.3, 0.4) is 0 Å². The summed E-state index contributed by atoms with van der Waals surface area (Å²) in [5.41, 5.74) is 2.05. The van der Waals surface area contributed by atoms with Gasteiger partial charge >= 0.3 is 0 Å². The molecule has 1 unspecified atom stereocenters. The third-order valence-electron chi connectivity index (χ3n) is 3.74. The highest BCUT2D eigenvalue weighted by molar-refractivity contribution is 7.71. The van der Waals surface area contributed by atoms with Gasteiger partial charge in [0.25, 0.3) is 0 Å². The first-order chi connectivity index (χ1) is 8.82. The predicted octanol–water partition coefficient (Wildman–Crippen LogP) is 3.78. The van der Waals surface area contributed by atoms with E-state index in [1.165, 1.54) is 0 Å². The number of hydrogen-bond acceptors (Lipinski definition) is 3. The number of aromatic amines is 1. The maximum Gasteiger partial charge on any atom is 0.215 e. The Morgan fingerprint density at radius 2 is 2.11 bits per heavy atom. The molecule has 0 aliphatic rings. The maximum atomic E-state index is 5.40. The molecule has 0 aliphatic heterocycles. The summed E-state index contributed by atoms with van der Waals surface area (Å²) < 4.78 is 7.96. The zero-order valence-corrected chi connectivity index (χ0v) is 13.0. The van der Waals surface area contributed by atoms with Crippen LogP contribution in [0.5, 0.6) is 5.88 Å². The molecule has 2 heterocycles. The van der Waals surface area contributed by atoms with E-state index in [1.54, 1.807) is 7.11 Å². The summed E-state index contributed by atoms with van der Waals surface area (Å²) in [5, 5.41) is 0. The van der Waals surface area contributed by atoms with Crippen molar-refractivity contribution >= 4 is 23.4 Å². The zero-order chi connectivity index (χ0) is 14.2. The molecular weight excluding hydrogens is 258 g/mol. The van der Waals surface area contributed by atoms with Gasteiger partial charge in [-0.3, -0.25) is 0 Å². The number of aromatic nitrogens is 3. The van der Waals surface area contributed by atoms with E-state index in [0.717, 1.165) is 17.7 Å². The lowest BCUT2D eigenvalue weighted by atomic mass is 9.82. The minimum atomic E-state index is 0.233. The quantitative estimate of drug-likeness (QED) is 0.869. The van der Waals surface area contributed by atoms with Crippen molar-refractivity contribution in [3.05, 3.63) is 16.9 Å². The third kappa shape index (κ3) is 2.81. The first-order valence-corrected chi connectivity index (χ1v) is 6.87. The van der Waals surface area contributed by atoms with Crippen LogP contribution in [0.4, 0.5) is 0 Å². The van der Waals surface area contributed by atoms with Crippen LogP contribution in [0.25, 0.3) is 11.2 Å². The molecule has 0 aliphatic carbocycles. The third-order valence-corrected chi connectivity index (χ3v) is 4.06. The summed E-state index contributed by atoms with van der Waals surface area (Å²) in [7, 11) is 1.62. The Bertz CT molecular complexity index is 636. The van der Waals surface area contributed by atoms with Crippen molar-refractivity contribution in [2.45, 2.75) is 34.2 Å². The second kappa shape index (κ2) is 4.96. The van der Waals surface area contributed by atoms with Crippen LogP contribution in [0.2, 0.25) is 0 Å². The van der Waals surface area contributed by atoms with Gasteiger partial charge in [0.15, 0.2) is 10.4 Å². The summed E-state index contributed by atoms with van der Waals surface area (Å²) in [4.78, 5) is 7.69. The van der Waals surface area contributed by atoms with Crippen molar-refractivity contribution in [3.8, 4) is 5.88 Å². The molecule has 19 heavy (non-hydrogen) atoms. The topological polar surface area (TPSA) is 42.8 Å². The lowest BCUT2D eigenvalue weighted by Gasteiger charge is -2.27. The Morgan fingerprint density at radius 3 is 2.68 bits per heavy atom. The standard InChI is InChI=1S/C14H21N3OS/c1-9(14(2,3)4)8-17-12-10(15-13(17)19)6-7-11(16-12)18-5/h6-7,9H,8H2,1-5H3,(H,15,19). The molecule has 4 nitrogen and oxygen atoms in total. The summed E-state index contributed by atoms with van der Waals surface area (Å²) in [6.07, 6.45) is 0. The van der Waals surface area contributed by atoms with Crippen molar-refractivity contribution in [3.63, 3.8) is 0 Å². The van der Waals surface area contributed by atoms with Gasteiger partial charge in [0.05, 0.1) is 12.6 Å². The molecule has 0 radical (unpaired) electrons.